The molecule has 0 spiro atoms. The number of urea groups is 1. The third-order valence-corrected chi connectivity index (χ3v) is 4.62. The van der Waals surface area contributed by atoms with E-state index in [1.54, 1.807) is 20.8 Å². The van der Waals surface area contributed by atoms with Gasteiger partial charge < -0.3 is 24.8 Å². The summed E-state index contributed by atoms with van der Waals surface area (Å²) in [5.41, 5.74) is 0.327. The summed E-state index contributed by atoms with van der Waals surface area (Å²) in [5, 5.41) is 17.1. The number of nitrogens with one attached hydrogen (secondary N) is 2. The van der Waals surface area contributed by atoms with Crippen molar-refractivity contribution in [1.29, 1.82) is 0 Å². The molecule has 0 saturated heterocycles. The van der Waals surface area contributed by atoms with Crippen molar-refractivity contribution in [3.05, 3.63) is 39.1 Å². The van der Waals surface area contributed by atoms with Crippen molar-refractivity contribution in [3.8, 4) is 11.5 Å². The first-order valence-corrected chi connectivity index (χ1v) is 10.2. The molecule has 2 rings (SSSR count). The number of hydrogen-bond donors (Lipinski definition) is 2. The van der Waals surface area contributed by atoms with E-state index >= 15 is 0 Å². The van der Waals surface area contributed by atoms with Crippen molar-refractivity contribution in [2.45, 2.75) is 59.1 Å². The van der Waals surface area contributed by atoms with Crippen LogP contribution in [-0.4, -0.2) is 36.7 Å². The Morgan fingerprint density at radius 1 is 1.26 bits per heavy atom. The standard InChI is InChI=1S/C21H29N3O7/c1-6-8-9-14-18(20(25)31-12(3)4)19(23-21(26)22-14)13-10-17(30-7-2)16(29-5)11-15(13)24(27)28/h10-12,19H,6-9H2,1-5H3,(H2,22,23,26). The van der Waals surface area contributed by atoms with Gasteiger partial charge in [-0.15, -0.1) is 0 Å². The highest BCUT2D eigenvalue weighted by atomic mass is 16.6. The van der Waals surface area contributed by atoms with E-state index in [9.17, 15) is 19.7 Å². The summed E-state index contributed by atoms with van der Waals surface area (Å²) in [7, 11) is 1.38. The van der Waals surface area contributed by atoms with Crippen LogP contribution in [0.15, 0.2) is 23.4 Å². The van der Waals surface area contributed by atoms with Crippen LogP contribution in [0, 0.1) is 10.1 Å². The molecule has 10 nitrogen and oxygen atoms in total. The second kappa shape index (κ2) is 10.6. The number of nitro groups is 1. The fourth-order valence-corrected chi connectivity index (χ4v) is 3.30. The smallest absolute Gasteiger partial charge is 0.338 e. The van der Waals surface area contributed by atoms with Crippen LogP contribution in [0.4, 0.5) is 10.5 Å². The maximum absolute atomic E-state index is 13.0. The topological polar surface area (TPSA) is 129 Å². The molecule has 2 N–H and O–H groups in total. The Morgan fingerprint density at radius 3 is 2.52 bits per heavy atom. The van der Waals surface area contributed by atoms with Gasteiger partial charge in [0.2, 0.25) is 0 Å². The summed E-state index contributed by atoms with van der Waals surface area (Å²) in [6, 6.07) is 1.01. The molecule has 2 amide bonds. The Labute approximate surface area is 181 Å². The highest BCUT2D eigenvalue weighted by Crippen LogP contribution is 2.41. The molecule has 1 aromatic rings. The highest BCUT2D eigenvalue weighted by Gasteiger charge is 2.38. The number of methoxy groups -OCH3 is 1. The van der Waals surface area contributed by atoms with Crippen molar-refractivity contribution < 1.29 is 28.7 Å². The Hall–Kier alpha value is -3.30. The molecule has 0 aromatic heterocycles. The molecular formula is C21H29N3O7. The number of hydrogen-bond acceptors (Lipinski definition) is 7. The van der Waals surface area contributed by atoms with E-state index in [0.29, 0.717) is 18.7 Å². The summed E-state index contributed by atoms with van der Waals surface area (Å²) in [4.78, 5) is 36.6. The van der Waals surface area contributed by atoms with Gasteiger partial charge in [-0.1, -0.05) is 13.3 Å². The Morgan fingerprint density at radius 2 is 1.97 bits per heavy atom. The van der Waals surface area contributed by atoms with E-state index in [2.05, 4.69) is 10.6 Å². The lowest BCUT2D eigenvalue weighted by atomic mass is 9.92. The second-order valence-electron chi connectivity index (χ2n) is 7.23. The lowest BCUT2D eigenvalue weighted by Gasteiger charge is -2.30. The second-order valence-corrected chi connectivity index (χ2v) is 7.23. The number of ether oxygens (including phenoxy) is 3. The van der Waals surface area contributed by atoms with Crippen molar-refractivity contribution in [2.75, 3.05) is 13.7 Å². The van der Waals surface area contributed by atoms with E-state index in [1.165, 1.54) is 19.2 Å². The number of nitro benzene ring substituents is 1. The molecule has 31 heavy (non-hydrogen) atoms. The number of amides is 2. The maximum atomic E-state index is 13.0. The SMILES string of the molecule is CCCCC1=C(C(=O)OC(C)C)C(c2cc(OCC)c(OC)cc2[N+](=O)[O-])NC(=O)N1. The minimum absolute atomic E-state index is 0.105. The fraction of sp³-hybridized carbons (Fsp3) is 0.524. The van der Waals surface area contributed by atoms with E-state index in [1.807, 2.05) is 6.92 Å². The Bertz CT molecular complexity index is 880. The van der Waals surface area contributed by atoms with Crippen LogP contribution in [0.2, 0.25) is 0 Å². The van der Waals surface area contributed by atoms with Gasteiger partial charge in [0.25, 0.3) is 5.69 Å². The van der Waals surface area contributed by atoms with Crippen molar-refractivity contribution >= 4 is 17.7 Å². The Balaban J connectivity index is 2.73. The summed E-state index contributed by atoms with van der Waals surface area (Å²) in [5.74, 6) is -0.203. The molecule has 10 heteroatoms. The zero-order chi connectivity index (χ0) is 23.1. The number of benzene rings is 1. The Kier molecular flexibility index (Phi) is 8.23. The predicted molar refractivity (Wildman–Crippen MR) is 113 cm³/mol. The van der Waals surface area contributed by atoms with Crippen molar-refractivity contribution in [3.63, 3.8) is 0 Å². The number of rotatable bonds is 10. The lowest BCUT2D eigenvalue weighted by Crippen LogP contribution is -2.46. The number of carbonyl (C=O) groups is 2. The summed E-state index contributed by atoms with van der Waals surface area (Å²) in [6.45, 7) is 7.46. The number of nitrogens with zero attached hydrogens (tertiary/aromatic N) is 1. The molecule has 0 fully saturated rings. The van der Waals surface area contributed by atoms with Crippen LogP contribution in [0.25, 0.3) is 0 Å². The van der Waals surface area contributed by atoms with Crippen LogP contribution in [-0.2, 0) is 9.53 Å². The minimum Gasteiger partial charge on any atom is -0.493 e. The first-order valence-electron chi connectivity index (χ1n) is 10.2. The average molecular weight is 435 g/mol. The van der Waals surface area contributed by atoms with Gasteiger partial charge in [0.05, 0.1) is 48.0 Å². The number of esters is 1. The van der Waals surface area contributed by atoms with Crippen molar-refractivity contribution in [2.24, 2.45) is 0 Å². The summed E-state index contributed by atoms with van der Waals surface area (Å²) >= 11 is 0. The summed E-state index contributed by atoms with van der Waals surface area (Å²) < 4.78 is 16.2. The molecule has 1 aliphatic rings. The molecule has 1 aromatic carbocycles. The van der Waals surface area contributed by atoms with Gasteiger partial charge >= 0.3 is 12.0 Å². The summed E-state index contributed by atoms with van der Waals surface area (Å²) in [6.07, 6.45) is 1.57. The first-order chi connectivity index (χ1) is 14.7. The minimum atomic E-state index is -1.09. The highest BCUT2D eigenvalue weighted by molar-refractivity contribution is 5.95. The third-order valence-electron chi connectivity index (χ3n) is 4.62. The van der Waals surface area contributed by atoms with Gasteiger partial charge in [0.15, 0.2) is 11.5 Å². The fourth-order valence-electron chi connectivity index (χ4n) is 3.30. The van der Waals surface area contributed by atoms with Gasteiger partial charge in [0.1, 0.15) is 0 Å². The molecule has 1 atom stereocenters. The molecular weight excluding hydrogens is 406 g/mol. The number of allylic oxidation sites excluding steroid dienone is 1. The quantitative estimate of drug-likeness (QED) is 0.325. The molecule has 1 aliphatic heterocycles. The van der Waals surface area contributed by atoms with E-state index in [4.69, 9.17) is 14.2 Å². The van der Waals surface area contributed by atoms with Crippen LogP contribution in [0.3, 0.4) is 0 Å². The van der Waals surface area contributed by atoms with Gasteiger partial charge in [-0.05, 0) is 39.7 Å². The number of unbranched alkanes of at least 4 members (excludes halogenated alkanes) is 1. The monoisotopic (exact) mass is 435 g/mol. The first kappa shape index (κ1) is 24.0. The lowest BCUT2D eigenvalue weighted by molar-refractivity contribution is -0.385. The van der Waals surface area contributed by atoms with Crippen LogP contribution in [0.5, 0.6) is 11.5 Å². The molecule has 1 heterocycles. The zero-order valence-electron chi connectivity index (χ0n) is 18.4. The van der Waals surface area contributed by atoms with Gasteiger partial charge in [-0.3, -0.25) is 10.1 Å². The zero-order valence-corrected chi connectivity index (χ0v) is 18.4. The average Bonchev–Trinajstić information content (AvgIpc) is 2.70. The van der Waals surface area contributed by atoms with Gasteiger partial charge in [-0.25, -0.2) is 9.59 Å². The molecule has 0 bridgehead atoms. The largest absolute Gasteiger partial charge is 0.493 e. The molecule has 0 aliphatic carbocycles. The molecule has 0 saturated carbocycles. The van der Waals surface area contributed by atoms with Crippen LogP contribution < -0.4 is 20.1 Å². The molecule has 170 valence electrons. The van der Waals surface area contributed by atoms with E-state index in [-0.39, 0.29) is 28.3 Å². The normalized spacial score (nSPS) is 15.9. The maximum Gasteiger partial charge on any atom is 0.338 e. The van der Waals surface area contributed by atoms with Crippen LogP contribution in [0.1, 0.15) is 58.6 Å². The van der Waals surface area contributed by atoms with Crippen molar-refractivity contribution in [1.82, 2.24) is 10.6 Å². The predicted octanol–water partition coefficient (Wildman–Crippen LogP) is 3.75. The molecule has 1 unspecified atom stereocenters. The third kappa shape index (κ3) is 5.65. The van der Waals surface area contributed by atoms with Gasteiger partial charge in [0, 0.05) is 5.70 Å². The number of carbonyl (C=O) groups excluding carboxylic acids is 2. The van der Waals surface area contributed by atoms with Crippen LogP contribution >= 0.6 is 0 Å². The van der Waals surface area contributed by atoms with E-state index in [0.717, 1.165) is 12.8 Å². The van der Waals surface area contributed by atoms with E-state index < -0.39 is 29.1 Å². The molecule has 0 radical (unpaired) electrons. The van der Waals surface area contributed by atoms with Gasteiger partial charge in [-0.2, -0.15) is 0 Å².